The second kappa shape index (κ2) is 8.76. The lowest BCUT2D eigenvalue weighted by Gasteiger charge is -2.31. The highest BCUT2D eigenvalue weighted by molar-refractivity contribution is 5.83. The summed E-state index contributed by atoms with van der Waals surface area (Å²) in [6, 6.07) is 18.5. The molecule has 4 rings (SSSR count). The number of carbonyl (C=O) groups excluding carboxylic acids is 1. The van der Waals surface area contributed by atoms with Crippen molar-refractivity contribution in [3.8, 4) is 11.1 Å². The Morgan fingerprint density at radius 1 is 1.03 bits per heavy atom. The number of carbonyl (C=O) groups is 1. The first-order valence-electron chi connectivity index (χ1n) is 10.4. The summed E-state index contributed by atoms with van der Waals surface area (Å²) in [6.45, 7) is 2.44. The fraction of sp³-hybridized carbons (Fsp3) is 0.320. The molecule has 5 heteroatoms. The lowest BCUT2D eigenvalue weighted by atomic mass is 9.79. The van der Waals surface area contributed by atoms with E-state index in [1.165, 1.54) is 5.56 Å². The van der Waals surface area contributed by atoms with Crippen molar-refractivity contribution in [1.82, 2.24) is 19.8 Å². The van der Waals surface area contributed by atoms with Gasteiger partial charge in [0.15, 0.2) is 0 Å². The summed E-state index contributed by atoms with van der Waals surface area (Å²) in [5, 5.41) is 0. The lowest BCUT2D eigenvalue weighted by Crippen LogP contribution is -2.43. The highest BCUT2D eigenvalue weighted by Crippen LogP contribution is 2.37. The van der Waals surface area contributed by atoms with E-state index >= 15 is 0 Å². The largest absolute Gasteiger partial charge is 0.348 e. The number of hydrogen-bond donors (Lipinski definition) is 0. The van der Waals surface area contributed by atoms with Crippen LogP contribution >= 0.6 is 0 Å². The van der Waals surface area contributed by atoms with Crippen molar-refractivity contribution in [1.29, 1.82) is 0 Å². The molecule has 30 heavy (non-hydrogen) atoms. The summed E-state index contributed by atoms with van der Waals surface area (Å²) in [6.07, 6.45) is 7.09. The molecule has 1 fully saturated rings. The first-order chi connectivity index (χ1) is 14.6. The molecule has 0 bridgehead atoms. The Morgan fingerprint density at radius 3 is 2.53 bits per heavy atom. The van der Waals surface area contributed by atoms with Gasteiger partial charge in [0.25, 0.3) is 0 Å². The summed E-state index contributed by atoms with van der Waals surface area (Å²) < 4.78 is 0. The van der Waals surface area contributed by atoms with E-state index in [9.17, 15) is 4.79 Å². The molecule has 0 N–H and O–H groups in total. The predicted molar refractivity (Wildman–Crippen MR) is 119 cm³/mol. The van der Waals surface area contributed by atoms with Crippen molar-refractivity contribution in [2.24, 2.45) is 5.41 Å². The third kappa shape index (κ3) is 4.41. The maximum Gasteiger partial charge on any atom is 0.229 e. The first-order valence-corrected chi connectivity index (χ1v) is 10.4. The number of likely N-dealkylation sites (tertiary alicyclic amines) is 1. The minimum absolute atomic E-state index is 0.211. The van der Waals surface area contributed by atoms with Crippen molar-refractivity contribution in [2.45, 2.75) is 19.4 Å². The van der Waals surface area contributed by atoms with Crippen LogP contribution in [0.15, 0.2) is 73.2 Å². The predicted octanol–water partition coefficient (Wildman–Crippen LogP) is 3.67. The standard InChI is InChI=1S/C25H28N4O/c1-28(2)24(30)25(12-15-29(19-25)18-23-7-3-4-14-27-23)16-20-8-10-21(11-9-20)22-6-5-13-26-17-22/h3-11,13-14,17H,12,15-16,18-19H2,1-2H3. The zero-order valence-corrected chi connectivity index (χ0v) is 17.7. The fourth-order valence-corrected chi connectivity index (χ4v) is 4.42. The summed E-state index contributed by atoms with van der Waals surface area (Å²) in [5.74, 6) is 0.211. The molecule has 2 aromatic heterocycles. The monoisotopic (exact) mass is 400 g/mol. The van der Waals surface area contributed by atoms with Crippen LogP contribution < -0.4 is 0 Å². The molecule has 0 saturated carbocycles. The topological polar surface area (TPSA) is 49.3 Å². The van der Waals surface area contributed by atoms with Gasteiger partial charge in [0, 0.05) is 45.8 Å². The SMILES string of the molecule is CN(C)C(=O)C1(Cc2ccc(-c3cccnc3)cc2)CCN(Cc2ccccn2)C1. The molecule has 1 unspecified atom stereocenters. The van der Waals surface area contributed by atoms with Crippen molar-refractivity contribution >= 4 is 5.91 Å². The second-order valence-corrected chi connectivity index (χ2v) is 8.38. The fourth-order valence-electron chi connectivity index (χ4n) is 4.42. The van der Waals surface area contributed by atoms with Gasteiger partial charge in [0.2, 0.25) is 5.91 Å². The smallest absolute Gasteiger partial charge is 0.229 e. The molecule has 3 aromatic rings. The van der Waals surface area contributed by atoms with Crippen LogP contribution in [0, 0.1) is 5.41 Å². The van der Waals surface area contributed by atoms with Crippen LogP contribution in [0.2, 0.25) is 0 Å². The van der Waals surface area contributed by atoms with Gasteiger partial charge >= 0.3 is 0 Å². The Kier molecular flexibility index (Phi) is 5.91. The van der Waals surface area contributed by atoms with Gasteiger partial charge in [0.05, 0.1) is 11.1 Å². The van der Waals surface area contributed by atoms with E-state index in [4.69, 9.17) is 0 Å². The molecule has 0 aliphatic carbocycles. The maximum absolute atomic E-state index is 13.2. The quantitative estimate of drug-likeness (QED) is 0.634. The molecule has 1 aliphatic rings. The normalized spacial score (nSPS) is 19.0. The van der Waals surface area contributed by atoms with Gasteiger partial charge in [-0.2, -0.15) is 0 Å². The van der Waals surface area contributed by atoms with Crippen LogP contribution in [0.3, 0.4) is 0 Å². The number of rotatable bonds is 6. The maximum atomic E-state index is 13.2. The summed E-state index contributed by atoms with van der Waals surface area (Å²) >= 11 is 0. The Morgan fingerprint density at radius 2 is 1.87 bits per heavy atom. The van der Waals surface area contributed by atoms with Crippen molar-refractivity contribution in [2.75, 3.05) is 27.2 Å². The molecule has 1 atom stereocenters. The van der Waals surface area contributed by atoms with Gasteiger partial charge in [-0.3, -0.25) is 19.7 Å². The molecule has 1 aromatic carbocycles. The number of aromatic nitrogens is 2. The number of pyridine rings is 2. The van der Waals surface area contributed by atoms with Crippen molar-refractivity contribution in [3.63, 3.8) is 0 Å². The Balaban J connectivity index is 1.52. The average Bonchev–Trinajstić information content (AvgIpc) is 3.18. The number of amides is 1. The summed E-state index contributed by atoms with van der Waals surface area (Å²) in [7, 11) is 3.72. The average molecular weight is 401 g/mol. The Bertz CT molecular complexity index is 973. The van der Waals surface area contributed by atoms with Gasteiger partial charge in [-0.15, -0.1) is 0 Å². The molecular weight excluding hydrogens is 372 g/mol. The van der Waals surface area contributed by atoms with Gasteiger partial charge in [-0.25, -0.2) is 0 Å². The molecule has 1 saturated heterocycles. The molecular formula is C25H28N4O. The van der Waals surface area contributed by atoms with Crippen LogP contribution in [0.4, 0.5) is 0 Å². The van der Waals surface area contributed by atoms with Gasteiger partial charge in [-0.1, -0.05) is 36.4 Å². The molecule has 5 nitrogen and oxygen atoms in total. The van der Waals surface area contributed by atoms with Crippen LogP contribution in [-0.2, 0) is 17.8 Å². The van der Waals surface area contributed by atoms with Crippen molar-refractivity contribution in [3.05, 3.63) is 84.4 Å². The molecule has 0 radical (unpaired) electrons. The van der Waals surface area contributed by atoms with Crippen LogP contribution in [0.5, 0.6) is 0 Å². The van der Waals surface area contributed by atoms with Gasteiger partial charge in [0.1, 0.15) is 0 Å². The van der Waals surface area contributed by atoms with E-state index in [0.29, 0.717) is 0 Å². The number of hydrogen-bond acceptors (Lipinski definition) is 4. The minimum Gasteiger partial charge on any atom is -0.348 e. The van der Waals surface area contributed by atoms with Gasteiger partial charge in [-0.05, 0) is 54.3 Å². The van der Waals surface area contributed by atoms with Crippen LogP contribution in [0.1, 0.15) is 17.7 Å². The Labute approximate surface area is 178 Å². The molecule has 154 valence electrons. The highest BCUT2D eigenvalue weighted by Gasteiger charge is 2.45. The van der Waals surface area contributed by atoms with E-state index in [-0.39, 0.29) is 5.91 Å². The van der Waals surface area contributed by atoms with E-state index in [1.807, 2.05) is 50.8 Å². The highest BCUT2D eigenvalue weighted by atomic mass is 16.2. The third-order valence-corrected chi connectivity index (χ3v) is 5.90. The van der Waals surface area contributed by atoms with E-state index in [1.54, 1.807) is 11.1 Å². The Hall–Kier alpha value is -3.05. The third-order valence-electron chi connectivity index (χ3n) is 5.90. The van der Waals surface area contributed by atoms with E-state index < -0.39 is 5.41 Å². The number of benzene rings is 1. The molecule has 1 amide bonds. The van der Waals surface area contributed by atoms with Crippen LogP contribution in [-0.4, -0.2) is 52.9 Å². The van der Waals surface area contributed by atoms with Gasteiger partial charge < -0.3 is 4.90 Å². The van der Waals surface area contributed by atoms with Crippen LogP contribution in [0.25, 0.3) is 11.1 Å². The minimum atomic E-state index is -0.395. The molecule has 1 aliphatic heterocycles. The zero-order valence-electron chi connectivity index (χ0n) is 17.7. The number of nitrogens with zero attached hydrogens (tertiary/aromatic N) is 4. The molecule has 3 heterocycles. The zero-order chi connectivity index (χ0) is 21.0. The first kappa shape index (κ1) is 20.2. The summed E-state index contributed by atoms with van der Waals surface area (Å²) in [5.41, 5.74) is 4.09. The lowest BCUT2D eigenvalue weighted by molar-refractivity contribution is -0.138. The van der Waals surface area contributed by atoms with E-state index in [2.05, 4.69) is 45.2 Å². The second-order valence-electron chi connectivity index (χ2n) is 8.38. The summed E-state index contributed by atoms with van der Waals surface area (Å²) in [4.78, 5) is 26.0. The van der Waals surface area contributed by atoms with E-state index in [0.717, 1.165) is 49.3 Å². The molecule has 0 spiro atoms. The van der Waals surface area contributed by atoms with Crippen molar-refractivity contribution < 1.29 is 4.79 Å².